The normalized spacial score (nSPS) is 9.94. The van der Waals surface area contributed by atoms with E-state index >= 15 is 0 Å². The highest BCUT2D eigenvalue weighted by Gasteiger charge is 2.19. The van der Waals surface area contributed by atoms with E-state index in [0.717, 1.165) is 12.8 Å². The summed E-state index contributed by atoms with van der Waals surface area (Å²) in [4.78, 5) is 24.8. The quantitative estimate of drug-likeness (QED) is 0.420. The smallest absolute Gasteiger partial charge is 0.311 e. The summed E-state index contributed by atoms with van der Waals surface area (Å²) in [6, 6.07) is 0. The molecule has 0 saturated heterocycles. The molecular formula is C11H21ClN2O2. The van der Waals surface area contributed by atoms with Gasteiger partial charge in [-0.1, -0.05) is 13.8 Å². The number of alkyl halides is 1. The standard InChI is InChI=1S/C11H21ClN2O2/c1-3-8-14(9-4-2)11(16)10(15)13-7-5-6-12/h3-9H2,1-2H3,(H,13,15). The van der Waals surface area contributed by atoms with E-state index in [0.29, 0.717) is 31.9 Å². The van der Waals surface area contributed by atoms with Crippen molar-refractivity contribution in [2.45, 2.75) is 33.1 Å². The van der Waals surface area contributed by atoms with Crippen molar-refractivity contribution in [3.8, 4) is 0 Å². The third-order valence-corrected chi connectivity index (χ3v) is 2.33. The number of nitrogens with zero attached hydrogens (tertiary/aromatic N) is 1. The Bertz CT molecular complexity index is 216. The molecule has 0 radical (unpaired) electrons. The van der Waals surface area contributed by atoms with Crippen LogP contribution in [0.2, 0.25) is 0 Å². The SMILES string of the molecule is CCCN(CCC)C(=O)C(=O)NCCCCl. The molecule has 0 aliphatic heterocycles. The molecule has 16 heavy (non-hydrogen) atoms. The Morgan fingerprint density at radius 2 is 1.75 bits per heavy atom. The van der Waals surface area contributed by atoms with Crippen molar-refractivity contribution in [2.24, 2.45) is 0 Å². The van der Waals surface area contributed by atoms with Crippen LogP contribution in [-0.2, 0) is 9.59 Å². The third-order valence-electron chi connectivity index (χ3n) is 2.06. The molecule has 5 heteroatoms. The van der Waals surface area contributed by atoms with Crippen molar-refractivity contribution >= 4 is 23.4 Å². The predicted molar refractivity (Wildman–Crippen MR) is 65.5 cm³/mol. The zero-order valence-electron chi connectivity index (χ0n) is 10.1. The van der Waals surface area contributed by atoms with Crippen molar-refractivity contribution in [3.63, 3.8) is 0 Å². The van der Waals surface area contributed by atoms with Crippen LogP contribution in [0.25, 0.3) is 0 Å². The van der Waals surface area contributed by atoms with Crippen LogP contribution in [0.1, 0.15) is 33.1 Å². The van der Waals surface area contributed by atoms with Crippen LogP contribution < -0.4 is 5.32 Å². The van der Waals surface area contributed by atoms with Crippen molar-refractivity contribution in [1.82, 2.24) is 10.2 Å². The number of hydrogen-bond donors (Lipinski definition) is 1. The minimum absolute atomic E-state index is 0.432. The molecule has 0 aliphatic carbocycles. The highest BCUT2D eigenvalue weighted by Crippen LogP contribution is 1.95. The molecule has 1 N–H and O–H groups in total. The zero-order valence-corrected chi connectivity index (χ0v) is 10.8. The first-order valence-electron chi connectivity index (χ1n) is 5.80. The fraction of sp³-hybridized carbons (Fsp3) is 0.818. The third kappa shape index (κ3) is 5.95. The predicted octanol–water partition coefficient (Wildman–Crippen LogP) is 1.38. The number of amides is 2. The first kappa shape index (κ1) is 15.2. The topological polar surface area (TPSA) is 49.4 Å². The summed E-state index contributed by atoms with van der Waals surface area (Å²) >= 11 is 5.48. The molecule has 0 heterocycles. The van der Waals surface area contributed by atoms with Crippen molar-refractivity contribution < 1.29 is 9.59 Å². The first-order chi connectivity index (χ1) is 7.67. The van der Waals surface area contributed by atoms with Crippen LogP contribution in [0.5, 0.6) is 0 Å². The monoisotopic (exact) mass is 248 g/mol. The van der Waals surface area contributed by atoms with Gasteiger partial charge in [-0.05, 0) is 19.3 Å². The van der Waals surface area contributed by atoms with Crippen LogP contribution in [-0.4, -0.2) is 42.2 Å². The van der Waals surface area contributed by atoms with Gasteiger partial charge < -0.3 is 10.2 Å². The highest BCUT2D eigenvalue weighted by atomic mass is 35.5. The molecule has 0 atom stereocenters. The highest BCUT2D eigenvalue weighted by molar-refractivity contribution is 6.35. The van der Waals surface area contributed by atoms with Crippen LogP contribution in [0, 0.1) is 0 Å². The van der Waals surface area contributed by atoms with E-state index in [1.807, 2.05) is 13.8 Å². The summed E-state index contributed by atoms with van der Waals surface area (Å²) in [6.45, 7) is 5.70. The van der Waals surface area contributed by atoms with E-state index in [1.54, 1.807) is 4.90 Å². The van der Waals surface area contributed by atoms with Gasteiger partial charge >= 0.3 is 11.8 Å². The lowest BCUT2D eigenvalue weighted by Crippen LogP contribution is -2.44. The summed E-state index contributed by atoms with van der Waals surface area (Å²) in [5, 5.41) is 2.57. The lowest BCUT2D eigenvalue weighted by Gasteiger charge is -2.20. The van der Waals surface area contributed by atoms with Gasteiger partial charge in [-0.2, -0.15) is 0 Å². The maximum Gasteiger partial charge on any atom is 0.311 e. The molecule has 0 spiro atoms. The van der Waals surface area contributed by atoms with Gasteiger partial charge in [0.2, 0.25) is 0 Å². The molecule has 0 aromatic heterocycles. The maximum atomic E-state index is 11.7. The van der Waals surface area contributed by atoms with E-state index in [-0.39, 0.29) is 0 Å². The molecule has 0 rings (SSSR count). The minimum atomic E-state index is -0.521. The van der Waals surface area contributed by atoms with E-state index < -0.39 is 11.8 Å². The van der Waals surface area contributed by atoms with Gasteiger partial charge in [0.05, 0.1) is 0 Å². The summed E-state index contributed by atoms with van der Waals surface area (Å²) in [5.74, 6) is -0.465. The maximum absolute atomic E-state index is 11.7. The number of rotatable bonds is 7. The molecule has 0 fully saturated rings. The molecular weight excluding hydrogens is 228 g/mol. The second kappa shape index (κ2) is 9.46. The summed E-state index contributed by atoms with van der Waals surface area (Å²) < 4.78 is 0. The summed E-state index contributed by atoms with van der Waals surface area (Å²) in [6.07, 6.45) is 2.41. The molecule has 4 nitrogen and oxygen atoms in total. The Morgan fingerprint density at radius 1 is 1.19 bits per heavy atom. The molecule has 0 aliphatic rings. The summed E-state index contributed by atoms with van der Waals surface area (Å²) in [5.41, 5.74) is 0. The Balaban J connectivity index is 4.09. The van der Waals surface area contributed by atoms with Crippen molar-refractivity contribution in [2.75, 3.05) is 25.5 Å². The number of carbonyl (C=O) groups excluding carboxylic acids is 2. The number of nitrogens with one attached hydrogen (secondary N) is 1. The van der Waals surface area contributed by atoms with E-state index in [9.17, 15) is 9.59 Å². The average Bonchev–Trinajstić information content (AvgIpc) is 2.28. The van der Waals surface area contributed by atoms with E-state index in [1.165, 1.54) is 0 Å². The fourth-order valence-electron chi connectivity index (χ4n) is 1.34. The Hall–Kier alpha value is -0.770. The molecule has 0 unspecified atom stereocenters. The molecule has 0 bridgehead atoms. The second-order valence-electron chi connectivity index (χ2n) is 3.59. The number of halogens is 1. The average molecular weight is 249 g/mol. The van der Waals surface area contributed by atoms with Gasteiger partial charge in [0.25, 0.3) is 0 Å². The van der Waals surface area contributed by atoms with E-state index in [2.05, 4.69) is 5.32 Å². The minimum Gasteiger partial charge on any atom is -0.348 e. The van der Waals surface area contributed by atoms with Gasteiger partial charge in [0.1, 0.15) is 0 Å². The zero-order chi connectivity index (χ0) is 12.4. The molecule has 0 aromatic carbocycles. The second-order valence-corrected chi connectivity index (χ2v) is 3.97. The molecule has 2 amide bonds. The number of carbonyl (C=O) groups is 2. The molecule has 0 saturated carbocycles. The fourth-order valence-corrected chi connectivity index (χ4v) is 1.48. The number of hydrogen-bond acceptors (Lipinski definition) is 2. The first-order valence-corrected chi connectivity index (χ1v) is 6.33. The van der Waals surface area contributed by atoms with Gasteiger partial charge in [-0.25, -0.2) is 0 Å². The van der Waals surface area contributed by atoms with Gasteiger partial charge in [0.15, 0.2) is 0 Å². The largest absolute Gasteiger partial charge is 0.348 e. The van der Waals surface area contributed by atoms with E-state index in [4.69, 9.17) is 11.6 Å². The van der Waals surface area contributed by atoms with Gasteiger partial charge in [0, 0.05) is 25.5 Å². The lowest BCUT2D eigenvalue weighted by atomic mass is 10.3. The van der Waals surface area contributed by atoms with Crippen LogP contribution in [0.15, 0.2) is 0 Å². The lowest BCUT2D eigenvalue weighted by molar-refractivity contribution is -0.145. The van der Waals surface area contributed by atoms with Crippen molar-refractivity contribution in [1.29, 1.82) is 0 Å². The summed E-state index contributed by atoms with van der Waals surface area (Å²) in [7, 11) is 0. The Labute approximate surface area is 102 Å². The van der Waals surface area contributed by atoms with Crippen molar-refractivity contribution in [3.05, 3.63) is 0 Å². The molecule has 0 aromatic rings. The van der Waals surface area contributed by atoms with Crippen LogP contribution in [0.3, 0.4) is 0 Å². The van der Waals surface area contributed by atoms with Crippen LogP contribution in [0.4, 0.5) is 0 Å². The Kier molecular flexibility index (Phi) is 9.00. The molecule has 94 valence electrons. The Morgan fingerprint density at radius 3 is 2.19 bits per heavy atom. The van der Waals surface area contributed by atoms with Gasteiger partial charge in [-0.15, -0.1) is 11.6 Å². The van der Waals surface area contributed by atoms with Crippen LogP contribution >= 0.6 is 11.6 Å². The van der Waals surface area contributed by atoms with Gasteiger partial charge in [-0.3, -0.25) is 9.59 Å².